The fourth-order valence-corrected chi connectivity index (χ4v) is 3.03. The van der Waals surface area contributed by atoms with E-state index < -0.39 is 20.9 Å². The zero-order valence-electron chi connectivity index (χ0n) is 11.1. The monoisotopic (exact) mass is 341 g/mol. The van der Waals surface area contributed by atoms with Gasteiger partial charge in [-0.25, -0.2) is 13.6 Å². The first-order chi connectivity index (χ1) is 10.2. The van der Waals surface area contributed by atoms with Crippen molar-refractivity contribution in [3.8, 4) is 0 Å². The highest BCUT2D eigenvalue weighted by Crippen LogP contribution is 2.24. The summed E-state index contributed by atoms with van der Waals surface area (Å²) >= 11 is 0.772. The van der Waals surface area contributed by atoms with Gasteiger partial charge >= 0.3 is 5.00 Å². The molecule has 1 heterocycles. The van der Waals surface area contributed by atoms with E-state index in [1.807, 2.05) is 0 Å². The minimum atomic E-state index is -3.61. The highest BCUT2D eigenvalue weighted by Gasteiger charge is 2.15. The third kappa shape index (κ3) is 4.35. The molecule has 1 amide bonds. The first kappa shape index (κ1) is 16.1. The molecular formula is C12H11N3O5S2. The number of rotatable bonds is 5. The number of benzene rings is 1. The number of carbonyl (C=O) groups is 1. The molecule has 8 nitrogen and oxygen atoms in total. The van der Waals surface area contributed by atoms with Gasteiger partial charge in [0.2, 0.25) is 10.0 Å². The van der Waals surface area contributed by atoms with Crippen LogP contribution in [0.1, 0.15) is 15.2 Å². The lowest BCUT2D eigenvalue weighted by atomic mass is 10.2. The predicted octanol–water partition coefficient (Wildman–Crippen LogP) is 1.70. The van der Waals surface area contributed by atoms with Gasteiger partial charge in [0.25, 0.3) is 5.91 Å². The standard InChI is InChI=1S/C12H11N3O5S2/c13-22(19,20)7-8-1-3-9(4-2-8)14-12(16)10-5-6-11(21-10)15(17)18/h1-6H,7H2,(H,14,16)(H2,13,19,20). The summed E-state index contributed by atoms with van der Waals surface area (Å²) in [6.07, 6.45) is 0. The Balaban J connectivity index is 2.06. The molecule has 22 heavy (non-hydrogen) atoms. The highest BCUT2D eigenvalue weighted by molar-refractivity contribution is 7.88. The lowest BCUT2D eigenvalue weighted by molar-refractivity contribution is -0.380. The molecule has 2 rings (SSSR count). The molecule has 10 heteroatoms. The summed E-state index contributed by atoms with van der Waals surface area (Å²) < 4.78 is 21.9. The molecule has 0 fully saturated rings. The topological polar surface area (TPSA) is 132 Å². The molecule has 1 aromatic carbocycles. The minimum absolute atomic E-state index is 0.117. The average Bonchev–Trinajstić information content (AvgIpc) is 2.89. The maximum Gasteiger partial charge on any atom is 0.324 e. The van der Waals surface area contributed by atoms with Gasteiger partial charge in [0, 0.05) is 11.8 Å². The van der Waals surface area contributed by atoms with E-state index in [0.717, 1.165) is 11.3 Å². The fraction of sp³-hybridized carbons (Fsp3) is 0.0833. The van der Waals surface area contributed by atoms with Crippen molar-refractivity contribution in [3.63, 3.8) is 0 Å². The van der Waals surface area contributed by atoms with Crippen molar-refractivity contribution in [2.24, 2.45) is 5.14 Å². The first-order valence-corrected chi connectivity index (χ1v) is 8.43. The van der Waals surface area contributed by atoms with Gasteiger partial charge in [-0.1, -0.05) is 23.5 Å². The summed E-state index contributed by atoms with van der Waals surface area (Å²) in [6, 6.07) is 8.73. The molecule has 0 aliphatic heterocycles. The number of nitrogens with zero attached hydrogens (tertiary/aromatic N) is 1. The maximum absolute atomic E-state index is 11.9. The Kier molecular flexibility index (Phi) is 4.54. The van der Waals surface area contributed by atoms with Crippen LogP contribution in [-0.2, 0) is 15.8 Å². The zero-order valence-corrected chi connectivity index (χ0v) is 12.7. The molecule has 0 bridgehead atoms. The number of hydrogen-bond acceptors (Lipinski definition) is 6. The molecule has 0 saturated carbocycles. The van der Waals surface area contributed by atoms with E-state index in [0.29, 0.717) is 11.3 Å². The Labute approximate surface area is 129 Å². The molecule has 0 unspecified atom stereocenters. The number of sulfonamides is 1. The molecule has 2 aromatic rings. The number of hydrogen-bond donors (Lipinski definition) is 2. The van der Waals surface area contributed by atoms with Crippen LogP contribution < -0.4 is 10.5 Å². The number of nitro groups is 1. The Morgan fingerprint density at radius 1 is 1.23 bits per heavy atom. The summed E-state index contributed by atoms with van der Waals surface area (Å²) in [6.45, 7) is 0. The van der Waals surface area contributed by atoms with Gasteiger partial charge in [-0.3, -0.25) is 14.9 Å². The van der Waals surface area contributed by atoms with Gasteiger partial charge < -0.3 is 5.32 Å². The van der Waals surface area contributed by atoms with Crippen molar-refractivity contribution >= 4 is 38.0 Å². The summed E-state index contributed by atoms with van der Waals surface area (Å²) in [5.74, 6) is -0.768. The summed E-state index contributed by atoms with van der Waals surface area (Å²) in [4.78, 5) is 22.1. The maximum atomic E-state index is 11.9. The molecule has 0 saturated heterocycles. The van der Waals surface area contributed by atoms with Crippen LogP contribution >= 0.6 is 11.3 Å². The number of carbonyl (C=O) groups excluding carboxylic acids is 1. The molecular weight excluding hydrogens is 330 g/mol. The third-order valence-corrected chi connectivity index (χ3v) is 4.35. The first-order valence-electron chi connectivity index (χ1n) is 5.89. The molecule has 3 N–H and O–H groups in total. The number of amides is 1. The molecule has 0 atom stereocenters. The van der Waals surface area contributed by atoms with Crippen molar-refractivity contribution < 1.29 is 18.1 Å². The number of nitrogens with one attached hydrogen (secondary N) is 1. The summed E-state index contributed by atoms with van der Waals surface area (Å²) in [5.41, 5.74) is 0.937. The van der Waals surface area contributed by atoms with Crippen molar-refractivity contribution in [1.82, 2.24) is 0 Å². The number of nitrogens with two attached hydrogens (primary N) is 1. The van der Waals surface area contributed by atoms with E-state index >= 15 is 0 Å². The Morgan fingerprint density at radius 3 is 2.36 bits per heavy atom. The lowest BCUT2D eigenvalue weighted by Crippen LogP contribution is -2.14. The average molecular weight is 341 g/mol. The van der Waals surface area contributed by atoms with Crippen LogP contribution in [0.4, 0.5) is 10.7 Å². The normalized spacial score (nSPS) is 11.1. The smallest absolute Gasteiger partial charge is 0.321 e. The second-order valence-electron chi connectivity index (χ2n) is 4.35. The van der Waals surface area contributed by atoms with Gasteiger partial charge in [0.05, 0.1) is 15.6 Å². The number of thiophene rings is 1. The molecule has 1 aromatic heterocycles. The molecule has 0 aliphatic rings. The van der Waals surface area contributed by atoms with Crippen molar-refractivity contribution in [3.05, 3.63) is 57.0 Å². The van der Waals surface area contributed by atoms with E-state index in [-0.39, 0.29) is 15.6 Å². The van der Waals surface area contributed by atoms with E-state index in [1.165, 1.54) is 36.4 Å². The zero-order chi connectivity index (χ0) is 16.3. The van der Waals surface area contributed by atoms with Crippen LogP contribution in [0.3, 0.4) is 0 Å². The van der Waals surface area contributed by atoms with Crippen LogP contribution in [-0.4, -0.2) is 19.2 Å². The third-order valence-electron chi connectivity index (χ3n) is 2.58. The summed E-state index contributed by atoms with van der Waals surface area (Å²) in [7, 11) is -3.61. The van der Waals surface area contributed by atoms with E-state index in [2.05, 4.69) is 5.32 Å². The second-order valence-corrected chi connectivity index (χ2v) is 7.03. The van der Waals surface area contributed by atoms with Crippen LogP contribution in [0.15, 0.2) is 36.4 Å². The van der Waals surface area contributed by atoms with Crippen LogP contribution in [0.5, 0.6) is 0 Å². The van der Waals surface area contributed by atoms with E-state index in [4.69, 9.17) is 5.14 Å². The Bertz CT molecular complexity index is 812. The molecule has 0 radical (unpaired) electrons. The molecule has 0 spiro atoms. The van der Waals surface area contributed by atoms with Gasteiger partial charge in [-0.2, -0.15) is 0 Å². The second kappa shape index (κ2) is 6.22. The lowest BCUT2D eigenvalue weighted by Gasteiger charge is -2.05. The van der Waals surface area contributed by atoms with Gasteiger partial charge in [0.1, 0.15) is 0 Å². The summed E-state index contributed by atoms with van der Waals surface area (Å²) in [5, 5.41) is 18.0. The van der Waals surface area contributed by atoms with Crippen LogP contribution in [0, 0.1) is 10.1 Å². The van der Waals surface area contributed by atoms with Crippen LogP contribution in [0.25, 0.3) is 0 Å². The quantitative estimate of drug-likeness (QED) is 0.631. The molecule has 0 aliphatic carbocycles. The molecule has 116 valence electrons. The van der Waals surface area contributed by atoms with Crippen molar-refractivity contribution in [2.45, 2.75) is 5.75 Å². The van der Waals surface area contributed by atoms with Gasteiger partial charge in [-0.15, -0.1) is 0 Å². The Hall–Kier alpha value is -2.30. The van der Waals surface area contributed by atoms with Crippen molar-refractivity contribution in [2.75, 3.05) is 5.32 Å². The van der Waals surface area contributed by atoms with Gasteiger partial charge in [0.15, 0.2) is 0 Å². The largest absolute Gasteiger partial charge is 0.324 e. The fourth-order valence-electron chi connectivity index (χ4n) is 1.66. The minimum Gasteiger partial charge on any atom is -0.321 e. The van der Waals surface area contributed by atoms with E-state index in [9.17, 15) is 23.3 Å². The highest BCUT2D eigenvalue weighted by atomic mass is 32.2. The van der Waals surface area contributed by atoms with Crippen molar-refractivity contribution in [1.29, 1.82) is 0 Å². The van der Waals surface area contributed by atoms with E-state index in [1.54, 1.807) is 0 Å². The number of primary sulfonamides is 1. The van der Waals surface area contributed by atoms with Crippen LogP contribution in [0.2, 0.25) is 0 Å². The SMILES string of the molecule is NS(=O)(=O)Cc1ccc(NC(=O)c2ccc([N+](=O)[O-])s2)cc1. The van der Waals surface area contributed by atoms with Gasteiger partial charge in [-0.05, 0) is 23.8 Å². The number of anilines is 1. The predicted molar refractivity (Wildman–Crippen MR) is 82.2 cm³/mol. The Morgan fingerprint density at radius 2 is 1.86 bits per heavy atom.